The molecule has 2 rings (SSSR count). The molecule has 0 radical (unpaired) electrons. The van der Waals surface area contributed by atoms with Gasteiger partial charge in [0.1, 0.15) is 11.4 Å². The molecule has 0 atom stereocenters. The van der Waals surface area contributed by atoms with Crippen LogP contribution in [0, 0.1) is 0 Å². The Morgan fingerprint density at radius 2 is 2.00 bits per heavy atom. The van der Waals surface area contributed by atoms with E-state index < -0.39 is 21.8 Å². The number of rotatable bonds is 5. The fourth-order valence-electron chi connectivity index (χ4n) is 2.28. The summed E-state index contributed by atoms with van der Waals surface area (Å²) in [6.07, 6.45) is 1.58. The van der Waals surface area contributed by atoms with Crippen molar-refractivity contribution in [3.8, 4) is 11.5 Å². The quantitative estimate of drug-likeness (QED) is 0.872. The zero-order valence-corrected chi connectivity index (χ0v) is 13.4. The minimum absolute atomic E-state index is 0.0287. The van der Waals surface area contributed by atoms with Crippen molar-refractivity contribution in [1.82, 2.24) is 4.31 Å². The minimum Gasteiger partial charge on any atom is -0.493 e. The number of sulfonamides is 1. The van der Waals surface area contributed by atoms with Crippen LogP contribution in [0.5, 0.6) is 11.5 Å². The third-order valence-electron chi connectivity index (χ3n) is 3.39. The molecule has 1 N–H and O–H groups in total. The van der Waals surface area contributed by atoms with E-state index in [4.69, 9.17) is 9.47 Å². The number of hydrogen-bond donors (Lipinski definition) is 1. The van der Waals surface area contributed by atoms with Gasteiger partial charge in [0.25, 0.3) is 0 Å². The molecule has 1 aromatic carbocycles. The molecule has 0 saturated carbocycles. The van der Waals surface area contributed by atoms with Crippen LogP contribution in [-0.2, 0) is 10.0 Å². The molecule has 9 heteroatoms. The number of methoxy groups -OCH3 is 2. The Balaban J connectivity index is 2.56. The van der Waals surface area contributed by atoms with Gasteiger partial charge in [0.2, 0.25) is 10.0 Å². The summed E-state index contributed by atoms with van der Waals surface area (Å²) in [5, 5.41) is 9.25. The van der Waals surface area contributed by atoms with Crippen LogP contribution in [0.25, 0.3) is 0 Å². The summed E-state index contributed by atoms with van der Waals surface area (Å²) in [4.78, 5) is 11.1. The summed E-state index contributed by atoms with van der Waals surface area (Å²) in [7, 11) is -1.53. The lowest BCUT2D eigenvalue weighted by molar-refractivity contribution is 0.0692. The first-order valence-electron chi connectivity index (χ1n) is 6.65. The van der Waals surface area contributed by atoms with Gasteiger partial charge in [0, 0.05) is 12.6 Å². The van der Waals surface area contributed by atoms with E-state index in [2.05, 4.69) is 0 Å². The molecule has 0 amide bonds. The van der Waals surface area contributed by atoms with Gasteiger partial charge in [0.15, 0.2) is 11.5 Å². The summed E-state index contributed by atoms with van der Waals surface area (Å²) < 4.78 is 49.5. The Morgan fingerprint density at radius 1 is 1.30 bits per heavy atom. The molecule has 1 aromatic rings. The van der Waals surface area contributed by atoms with Gasteiger partial charge in [-0.1, -0.05) is 6.08 Å². The Kier molecular flexibility index (Phi) is 4.90. The van der Waals surface area contributed by atoms with Crippen LogP contribution in [0.3, 0.4) is 0 Å². The van der Waals surface area contributed by atoms with Gasteiger partial charge in [-0.3, -0.25) is 0 Å². The molecule has 1 heterocycles. The van der Waals surface area contributed by atoms with E-state index in [0.717, 1.165) is 16.4 Å². The van der Waals surface area contributed by atoms with Crippen molar-refractivity contribution in [2.75, 3.05) is 27.3 Å². The van der Waals surface area contributed by atoms with E-state index in [1.165, 1.54) is 20.3 Å². The second-order valence-electron chi connectivity index (χ2n) is 4.79. The van der Waals surface area contributed by atoms with Crippen LogP contribution in [-0.4, -0.2) is 51.1 Å². The second-order valence-corrected chi connectivity index (χ2v) is 6.73. The summed E-state index contributed by atoms with van der Waals surface area (Å²) in [5.41, 5.74) is -0.349. The fraction of sp³-hybridized carbons (Fsp3) is 0.357. The Morgan fingerprint density at radius 3 is 2.52 bits per heavy atom. The summed E-state index contributed by atoms with van der Waals surface area (Å²) in [6, 6.07) is 2.14. The van der Waals surface area contributed by atoms with Crippen LogP contribution < -0.4 is 9.47 Å². The van der Waals surface area contributed by atoms with Crippen molar-refractivity contribution in [2.45, 2.75) is 11.3 Å². The van der Waals surface area contributed by atoms with Gasteiger partial charge in [-0.15, -0.1) is 0 Å². The van der Waals surface area contributed by atoms with Crippen LogP contribution in [0.4, 0.5) is 4.39 Å². The predicted octanol–water partition coefficient (Wildman–Crippen LogP) is 1.65. The van der Waals surface area contributed by atoms with Crippen molar-refractivity contribution in [2.24, 2.45) is 0 Å². The van der Waals surface area contributed by atoms with E-state index in [0.29, 0.717) is 0 Å². The molecule has 1 aliphatic heterocycles. The molecule has 0 aliphatic carbocycles. The van der Waals surface area contributed by atoms with Crippen molar-refractivity contribution >= 4 is 16.0 Å². The highest BCUT2D eigenvalue weighted by atomic mass is 32.2. The number of ether oxygens (including phenoxy) is 2. The smallest absolute Gasteiger partial charge is 0.339 e. The zero-order chi connectivity index (χ0) is 17.2. The first-order chi connectivity index (χ1) is 10.8. The second kappa shape index (κ2) is 6.55. The molecule has 0 aromatic heterocycles. The number of halogens is 1. The molecule has 0 fully saturated rings. The van der Waals surface area contributed by atoms with E-state index >= 15 is 0 Å². The van der Waals surface area contributed by atoms with Crippen LogP contribution in [0.15, 0.2) is 28.9 Å². The molecular formula is C14H16FNO6S. The van der Waals surface area contributed by atoms with Crippen molar-refractivity contribution in [3.63, 3.8) is 0 Å². The van der Waals surface area contributed by atoms with Gasteiger partial charge >= 0.3 is 5.97 Å². The lowest BCUT2D eigenvalue weighted by atomic mass is 10.2. The largest absolute Gasteiger partial charge is 0.493 e. The molecule has 23 heavy (non-hydrogen) atoms. The molecule has 0 spiro atoms. The van der Waals surface area contributed by atoms with Gasteiger partial charge < -0.3 is 14.6 Å². The number of aromatic carboxylic acids is 1. The number of hydrogen-bond acceptors (Lipinski definition) is 5. The van der Waals surface area contributed by atoms with Gasteiger partial charge in [0.05, 0.1) is 25.7 Å². The Bertz CT molecular complexity index is 759. The lowest BCUT2D eigenvalue weighted by Gasteiger charge is -2.24. The summed E-state index contributed by atoms with van der Waals surface area (Å²) >= 11 is 0. The van der Waals surface area contributed by atoms with Crippen molar-refractivity contribution in [3.05, 3.63) is 29.6 Å². The fourth-order valence-corrected chi connectivity index (χ4v) is 3.74. The van der Waals surface area contributed by atoms with Crippen molar-refractivity contribution < 1.29 is 32.2 Å². The third kappa shape index (κ3) is 3.30. The topological polar surface area (TPSA) is 93.1 Å². The first kappa shape index (κ1) is 17.2. The molecule has 1 aliphatic rings. The molecule has 0 unspecified atom stereocenters. The van der Waals surface area contributed by atoms with Gasteiger partial charge in [-0.2, -0.15) is 4.31 Å². The van der Waals surface area contributed by atoms with Gasteiger partial charge in [-0.25, -0.2) is 17.6 Å². The maximum Gasteiger partial charge on any atom is 0.339 e. The maximum absolute atomic E-state index is 13.4. The standard InChI is InChI=1S/C14H16FNO6S/c1-21-12-7-10(6-11(14(17)18)13(12)22-2)23(19,20)16-5-3-4-9(15)8-16/h4,6-7H,3,5,8H2,1-2H3,(H,17,18). The summed E-state index contributed by atoms with van der Waals surface area (Å²) in [6.45, 7) is -0.258. The van der Waals surface area contributed by atoms with E-state index in [1.54, 1.807) is 0 Å². The molecule has 0 bridgehead atoms. The monoisotopic (exact) mass is 345 g/mol. The van der Waals surface area contributed by atoms with Crippen LogP contribution in [0.2, 0.25) is 0 Å². The Labute approximate surface area is 133 Å². The minimum atomic E-state index is -4.05. The highest BCUT2D eigenvalue weighted by Gasteiger charge is 2.30. The number of carbonyl (C=O) groups is 1. The lowest BCUT2D eigenvalue weighted by Crippen LogP contribution is -2.35. The van der Waals surface area contributed by atoms with E-state index in [9.17, 15) is 22.7 Å². The maximum atomic E-state index is 13.4. The molecule has 126 valence electrons. The number of carboxylic acid groups (broad SMARTS) is 1. The van der Waals surface area contributed by atoms with Gasteiger partial charge in [-0.05, 0) is 12.5 Å². The van der Waals surface area contributed by atoms with Crippen molar-refractivity contribution in [1.29, 1.82) is 0 Å². The van der Waals surface area contributed by atoms with E-state index in [-0.39, 0.29) is 41.5 Å². The van der Waals surface area contributed by atoms with Crippen LogP contribution in [0.1, 0.15) is 16.8 Å². The highest BCUT2D eigenvalue weighted by molar-refractivity contribution is 7.89. The molecule has 7 nitrogen and oxygen atoms in total. The number of carboxylic acids is 1. The zero-order valence-electron chi connectivity index (χ0n) is 12.6. The number of nitrogens with zero attached hydrogens (tertiary/aromatic N) is 1. The van der Waals surface area contributed by atoms with Crippen LogP contribution >= 0.6 is 0 Å². The molecular weight excluding hydrogens is 329 g/mol. The average Bonchev–Trinajstić information content (AvgIpc) is 2.53. The Hall–Kier alpha value is -2.13. The average molecular weight is 345 g/mol. The first-order valence-corrected chi connectivity index (χ1v) is 8.09. The van der Waals surface area contributed by atoms with E-state index in [1.807, 2.05) is 0 Å². The highest BCUT2D eigenvalue weighted by Crippen LogP contribution is 2.35. The SMILES string of the molecule is COc1cc(S(=O)(=O)N2CCC=C(F)C2)cc(C(=O)O)c1OC. The molecule has 0 saturated heterocycles. The number of benzene rings is 1. The summed E-state index contributed by atoms with van der Waals surface area (Å²) in [5.74, 6) is -2.01. The normalized spacial score (nSPS) is 15.9. The predicted molar refractivity (Wildman–Crippen MR) is 79.1 cm³/mol. The third-order valence-corrected chi connectivity index (χ3v) is 5.22.